The summed E-state index contributed by atoms with van der Waals surface area (Å²) < 4.78 is 29.1. The van der Waals surface area contributed by atoms with Crippen molar-refractivity contribution in [2.75, 3.05) is 11.9 Å². The first kappa shape index (κ1) is 15.7. The average Bonchev–Trinajstić information content (AvgIpc) is 2.48. The molecule has 0 aromatic heterocycles. The molecule has 1 heterocycles. The SMILES string of the molecule is CCC1CCNC(C(=O)Nc2ccccc2OC(F)F)C1. The van der Waals surface area contributed by atoms with Gasteiger partial charge in [0.2, 0.25) is 5.91 Å². The van der Waals surface area contributed by atoms with Crippen LogP contribution in [0, 0.1) is 5.92 Å². The quantitative estimate of drug-likeness (QED) is 0.878. The van der Waals surface area contributed by atoms with Gasteiger partial charge >= 0.3 is 6.61 Å². The van der Waals surface area contributed by atoms with E-state index in [2.05, 4.69) is 22.3 Å². The van der Waals surface area contributed by atoms with E-state index in [1.807, 2.05) is 0 Å². The molecule has 2 rings (SSSR count). The molecular formula is C15H20F2N2O2. The summed E-state index contributed by atoms with van der Waals surface area (Å²) in [5.74, 6) is 0.289. The Balaban J connectivity index is 2.02. The van der Waals surface area contributed by atoms with Crippen LogP contribution >= 0.6 is 0 Å². The summed E-state index contributed by atoms with van der Waals surface area (Å²) in [6.45, 7) is -0.0111. The molecule has 0 aliphatic carbocycles. The van der Waals surface area contributed by atoms with E-state index in [4.69, 9.17) is 0 Å². The molecule has 2 N–H and O–H groups in total. The first-order valence-corrected chi connectivity index (χ1v) is 7.18. The van der Waals surface area contributed by atoms with Crippen LogP contribution in [0.25, 0.3) is 0 Å². The molecule has 1 aliphatic heterocycles. The lowest BCUT2D eigenvalue weighted by Gasteiger charge is -2.29. The fraction of sp³-hybridized carbons (Fsp3) is 0.533. The van der Waals surface area contributed by atoms with Gasteiger partial charge in [0.1, 0.15) is 5.75 Å². The van der Waals surface area contributed by atoms with Crippen molar-refractivity contribution >= 4 is 11.6 Å². The van der Waals surface area contributed by atoms with Crippen molar-refractivity contribution in [2.45, 2.75) is 38.8 Å². The molecule has 1 amide bonds. The van der Waals surface area contributed by atoms with Crippen molar-refractivity contribution in [3.63, 3.8) is 0 Å². The first-order chi connectivity index (χ1) is 10.1. The molecule has 1 saturated heterocycles. The van der Waals surface area contributed by atoms with Crippen molar-refractivity contribution in [1.82, 2.24) is 5.32 Å². The minimum atomic E-state index is -2.92. The van der Waals surface area contributed by atoms with Gasteiger partial charge in [-0.3, -0.25) is 4.79 Å². The second kappa shape index (κ2) is 7.36. The summed E-state index contributed by atoms with van der Waals surface area (Å²) in [7, 11) is 0. The number of halogens is 2. The van der Waals surface area contributed by atoms with E-state index in [-0.39, 0.29) is 23.4 Å². The number of para-hydroxylation sites is 2. The Morgan fingerprint density at radius 1 is 1.48 bits per heavy atom. The van der Waals surface area contributed by atoms with E-state index in [1.54, 1.807) is 18.2 Å². The second-order valence-electron chi connectivity index (χ2n) is 5.17. The van der Waals surface area contributed by atoms with Gasteiger partial charge in [-0.15, -0.1) is 0 Å². The number of alkyl halides is 2. The normalized spacial score (nSPS) is 22.1. The van der Waals surface area contributed by atoms with Gasteiger partial charge in [0.15, 0.2) is 0 Å². The van der Waals surface area contributed by atoms with Crippen LogP contribution in [0.1, 0.15) is 26.2 Å². The van der Waals surface area contributed by atoms with Crippen LogP contribution < -0.4 is 15.4 Å². The highest BCUT2D eigenvalue weighted by atomic mass is 19.3. The molecule has 1 aromatic carbocycles. The molecule has 21 heavy (non-hydrogen) atoms. The van der Waals surface area contributed by atoms with Gasteiger partial charge in [0.05, 0.1) is 11.7 Å². The summed E-state index contributed by atoms with van der Waals surface area (Å²) in [6.07, 6.45) is 2.86. The van der Waals surface area contributed by atoms with Gasteiger partial charge in [0, 0.05) is 0 Å². The molecule has 2 unspecified atom stereocenters. The van der Waals surface area contributed by atoms with Gasteiger partial charge in [-0.2, -0.15) is 8.78 Å². The van der Waals surface area contributed by atoms with Gasteiger partial charge in [-0.05, 0) is 37.4 Å². The molecule has 6 heteroatoms. The fourth-order valence-electron chi connectivity index (χ4n) is 2.56. The summed E-state index contributed by atoms with van der Waals surface area (Å²) in [5, 5.41) is 5.83. The monoisotopic (exact) mass is 298 g/mol. The highest BCUT2D eigenvalue weighted by molar-refractivity contribution is 5.96. The maximum Gasteiger partial charge on any atom is 0.387 e. The van der Waals surface area contributed by atoms with Gasteiger partial charge in [0.25, 0.3) is 0 Å². The third-order valence-electron chi connectivity index (χ3n) is 3.77. The van der Waals surface area contributed by atoms with Crippen LogP contribution in [0.15, 0.2) is 24.3 Å². The summed E-state index contributed by atoms with van der Waals surface area (Å²) >= 11 is 0. The summed E-state index contributed by atoms with van der Waals surface area (Å²) in [4.78, 5) is 12.3. The van der Waals surface area contributed by atoms with Crippen molar-refractivity contribution < 1.29 is 18.3 Å². The largest absolute Gasteiger partial charge is 0.433 e. The molecule has 0 radical (unpaired) electrons. The summed E-state index contributed by atoms with van der Waals surface area (Å²) in [6, 6.07) is 5.92. The molecule has 0 saturated carbocycles. The van der Waals surface area contributed by atoms with Gasteiger partial charge < -0.3 is 15.4 Å². The third kappa shape index (κ3) is 4.39. The van der Waals surface area contributed by atoms with Crippen molar-refractivity contribution in [3.8, 4) is 5.75 Å². The second-order valence-corrected chi connectivity index (χ2v) is 5.17. The van der Waals surface area contributed by atoms with Crippen LogP contribution in [-0.4, -0.2) is 25.1 Å². The van der Waals surface area contributed by atoms with E-state index >= 15 is 0 Å². The van der Waals surface area contributed by atoms with Gasteiger partial charge in [-0.25, -0.2) is 0 Å². The van der Waals surface area contributed by atoms with E-state index in [0.717, 1.165) is 25.8 Å². The number of amides is 1. The number of carbonyl (C=O) groups excluding carboxylic acids is 1. The Labute approximate surface area is 122 Å². The minimum absolute atomic E-state index is 0.0244. The lowest BCUT2D eigenvalue weighted by Crippen LogP contribution is -2.46. The molecule has 116 valence electrons. The van der Waals surface area contributed by atoms with Crippen LogP contribution in [0.5, 0.6) is 5.75 Å². The Kier molecular flexibility index (Phi) is 5.50. The lowest BCUT2D eigenvalue weighted by atomic mass is 9.90. The number of carbonyl (C=O) groups is 1. The number of hydrogen-bond acceptors (Lipinski definition) is 3. The van der Waals surface area contributed by atoms with E-state index < -0.39 is 6.61 Å². The first-order valence-electron chi connectivity index (χ1n) is 7.18. The Morgan fingerprint density at radius 3 is 2.95 bits per heavy atom. The fourth-order valence-corrected chi connectivity index (χ4v) is 2.56. The van der Waals surface area contributed by atoms with E-state index in [0.29, 0.717) is 5.92 Å². The lowest BCUT2D eigenvalue weighted by molar-refractivity contribution is -0.119. The predicted octanol–water partition coefficient (Wildman–Crippen LogP) is 3.00. The van der Waals surface area contributed by atoms with Crippen LogP contribution in [0.3, 0.4) is 0 Å². The Morgan fingerprint density at radius 2 is 2.24 bits per heavy atom. The number of rotatable bonds is 5. The molecule has 0 bridgehead atoms. The molecule has 0 spiro atoms. The van der Waals surface area contributed by atoms with Gasteiger partial charge in [-0.1, -0.05) is 25.5 Å². The smallest absolute Gasteiger partial charge is 0.387 e. The number of piperidine rings is 1. The molecule has 2 atom stereocenters. The predicted molar refractivity (Wildman–Crippen MR) is 76.5 cm³/mol. The number of hydrogen-bond donors (Lipinski definition) is 2. The molecule has 1 fully saturated rings. The van der Waals surface area contributed by atoms with Crippen molar-refractivity contribution in [2.24, 2.45) is 5.92 Å². The molecule has 1 aromatic rings. The van der Waals surface area contributed by atoms with Crippen LogP contribution in [0.2, 0.25) is 0 Å². The number of ether oxygens (including phenoxy) is 1. The molecule has 1 aliphatic rings. The van der Waals surface area contributed by atoms with Crippen LogP contribution in [-0.2, 0) is 4.79 Å². The Hall–Kier alpha value is -1.69. The number of anilines is 1. The summed E-state index contributed by atoms with van der Waals surface area (Å²) in [5.41, 5.74) is 0.267. The van der Waals surface area contributed by atoms with E-state index in [1.165, 1.54) is 6.07 Å². The maximum absolute atomic E-state index is 12.3. The third-order valence-corrected chi connectivity index (χ3v) is 3.77. The van der Waals surface area contributed by atoms with Crippen LogP contribution in [0.4, 0.5) is 14.5 Å². The highest BCUT2D eigenvalue weighted by Crippen LogP contribution is 2.26. The van der Waals surface area contributed by atoms with Crippen molar-refractivity contribution in [1.29, 1.82) is 0 Å². The zero-order chi connectivity index (χ0) is 15.2. The minimum Gasteiger partial charge on any atom is -0.433 e. The zero-order valence-corrected chi connectivity index (χ0v) is 11.9. The molecule has 4 nitrogen and oxygen atoms in total. The standard InChI is InChI=1S/C15H20F2N2O2/c1-2-10-7-8-18-12(9-10)14(20)19-11-5-3-4-6-13(11)21-15(16)17/h3-6,10,12,15,18H,2,7-9H2,1H3,(H,19,20). The maximum atomic E-state index is 12.3. The molecular weight excluding hydrogens is 278 g/mol. The number of benzene rings is 1. The zero-order valence-electron chi connectivity index (χ0n) is 11.9. The topological polar surface area (TPSA) is 50.4 Å². The average molecular weight is 298 g/mol. The Bertz CT molecular complexity index is 482. The number of nitrogens with one attached hydrogen (secondary N) is 2. The van der Waals surface area contributed by atoms with Crippen molar-refractivity contribution in [3.05, 3.63) is 24.3 Å². The van der Waals surface area contributed by atoms with E-state index in [9.17, 15) is 13.6 Å². The highest BCUT2D eigenvalue weighted by Gasteiger charge is 2.26.